The maximum absolute atomic E-state index is 12.1. The van der Waals surface area contributed by atoms with Crippen LogP contribution in [0.4, 0.5) is 0 Å². The van der Waals surface area contributed by atoms with Crippen LogP contribution in [0.25, 0.3) is 10.8 Å². The minimum absolute atomic E-state index is 0.0367. The second-order valence-corrected chi connectivity index (χ2v) is 4.62. The third kappa shape index (κ3) is 2.74. The Bertz CT molecular complexity index is 637. The van der Waals surface area contributed by atoms with Crippen molar-refractivity contribution in [2.24, 2.45) is 0 Å². The van der Waals surface area contributed by atoms with Gasteiger partial charge in [-0.15, -0.1) is 0 Å². The number of fused-ring (bicyclic) bond motifs is 1. The summed E-state index contributed by atoms with van der Waals surface area (Å²) in [6.45, 7) is 1.72. The molecule has 0 aliphatic carbocycles. The molecule has 3 heteroatoms. The number of nitriles is 1. The number of amides is 1. The van der Waals surface area contributed by atoms with E-state index in [0.29, 0.717) is 6.42 Å². The largest absolute Gasteiger partial charge is 0.330 e. The molecule has 0 aliphatic heterocycles. The highest BCUT2D eigenvalue weighted by atomic mass is 16.2. The molecule has 0 spiro atoms. The van der Waals surface area contributed by atoms with E-state index >= 15 is 0 Å². The Morgan fingerprint density at radius 2 is 1.95 bits per heavy atom. The average Bonchev–Trinajstić information content (AvgIpc) is 2.46. The molecule has 2 aromatic rings. The van der Waals surface area contributed by atoms with E-state index in [0.717, 1.165) is 16.3 Å². The number of rotatable bonds is 3. The number of hydrogen-bond donors (Lipinski definition) is 0. The molecule has 1 amide bonds. The highest BCUT2D eigenvalue weighted by molar-refractivity contribution is 5.90. The minimum Gasteiger partial charge on any atom is -0.330 e. The molecule has 0 N–H and O–H groups in total. The summed E-state index contributed by atoms with van der Waals surface area (Å²) in [5.74, 6) is -0.0367. The second-order valence-electron chi connectivity index (χ2n) is 4.62. The van der Waals surface area contributed by atoms with Crippen LogP contribution in [0, 0.1) is 11.3 Å². The van der Waals surface area contributed by atoms with E-state index in [1.807, 2.05) is 42.5 Å². The van der Waals surface area contributed by atoms with Gasteiger partial charge in [0.15, 0.2) is 0 Å². The molecule has 19 heavy (non-hydrogen) atoms. The van der Waals surface area contributed by atoms with Crippen LogP contribution in [0.15, 0.2) is 42.5 Å². The zero-order valence-corrected chi connectivity index (χ0v) is 11.1. The third-order valence-electron chi connectivity index (χ3n) is 3.38. The van der Waals surface area contributed by atoms with E-state index < -0.39 is 6.04 Å². The number of likely N-dealkylation sites (N-methyl/N-ethyl adjacent to an activating group) is 1. The van der Waals surface area contributed by atoms with Crippen molar-refractivity contribution in [1.82, 2.24) is 4.90 Å². The summed E-state index contributed by atoms with van der Waals surface area (Å²) in [7, 11) is 1.67. The zero-order valence-electron chi connectivity index (χ0n) is 11.1. The average molecular weight is 252 g/mol. The SMILES string of the molecule is CC(C#N)N(C)C(=O)Cc1cccc2ccccc12. The van der Waals surface area contributed by atoms with Crippen LogP contribution in [-0.2, 0) is 11.2 Å². The second kappa shape index (κ2) is 5.53. The fourth-order valence-corrected chi connectivity index (χ4v) is 2.04. The number of carbonyl (C=O) groups is 1. The summed E-state index contributed by atoms with van der Waals surface area (Å²) in [5.41, 5.74) is 1.00. The summed E-state index contributed by atoms with van der Waals surface area (Å²) >= 11 is 0. The van der Waals surface area contributed by atoms with Gasteiger partial charge in [0.2, 0.25) is 5.91 Å². The van der Waals surface area contributed by atoms with Gasteiger partial charge in [0.1, 0.15) is 6.04 Å². The van der Waals surface area contributed by atoms with Crippen LogP contribution in [0.3, 0.4) is 0 Å². The first-order chi connectivity index (χ1) is 9.13. The van der Waals surface area contributed by atoms with Crippen molar-refractivity contribution in [3.8, 4) is 6.07 Å². The molecule has 1 atom stereocenters. The fourth-order valence-electron chi connectivity index (χ4n) is 2.04. The molecule has 0 aromatic heterocycles. The van der Waals surface area contributed by atoms with E-state index in [1.165, 1.54) is 4.90 Å². The van der Waals surface area contributed by atoms with Crippen LogP contribution in [-0.4, -0.2) is 23.9 Å². The van der Waals surface area contributed by atoms with Crippen molar-refractivity contribution < 1.29 is 4.79 Å². The number of hydrogen-bond acceptors (Lipinski definition) is 2. The van der Waals surface area contributed by atoms with Gasteiger partial charge in [-0.3, -0.25) is 4.79 Å². The van der Waals surface area contributed by atoms with Gasteiger partial charge in [0.05, 0.1) is 12.5 Å². The Morgan fingerprint density at radius 3 is 2.68 bits per heavy atom. The summed E-state index contributed by atoms with van der Waals surface area (Å²) < 4.78 is 0. The van der Waals surface area contributed by atoms with Gasteiger partial charge < -0.3 is 4.90 Å². The van der Waals surface area contributed by atoms with Crippen LogP contribution in [0.2, 0.25) is 0 Å². The Kier molecular flexibility index (Phi) is 3.82. The Morgan fingerprint density at radius 1 is 1.26 bits per heavy atom. The van der Waals surface area contributed by atoms with Gasteiger partial charge in [-0.25, -0.2) is 0 Å². The van der Waals surface area contributed by atoms with Gasteiger partial charge >= 0.3 is 0 Å². The minimum atomic E-state index is -0.400. The third-order valence-corrected chi connectivity index (χ3v) is 3.38. The number of benzene rings is 2. The molecule has 0 saturated carbocycles. The van der Waals surface area contributed by atoms with E-state index in [4.69, 9.17) is 5.26 Å². The summed E-state index contributed by atoms with van der Waals surface area (Å²) in [5, 5.41) is 11.1. The molecule has 96 valence electrons. The van der Waals surface area contributed by atoms with Crippen LogP contribution in [0.1, 0.15) is 12.5 Å². The van der Waals surface area contributed by atoms with Gasteiger partial charge in [0, 0.05) is 7.05 Å². The van der Waals surface area contributed by atoms with Gasteiger partial charge in [-0.1, -0.05) is 42.5 Å². The smallest absolute Gasteiger partial charge is 0.227 e. The van der Waals surface area contributed by atoms with E-state index in [-0.39, 0.29) is 5.91 Å². The molecular weight excluding hydrogens is 236 g/mol. The maximum atomic E-state index is 12.1. The quantitative estimate of drug-likeness (QED) is 0.843. The highest BCUT2D eigenvalue weighted by Crippen LogP contribution is 2.19. The van der Waals surface area contributed by atoms with Gasteiger partial charge in [0.25, 0.3) is 0 Å². The predicted molar refractivity (Wildman–Crippen MR) is 75.5 cm³/mol. The molecule has 3 nitrogen and oxygen atoms in total. The summed E-state index contributed by atoms with van der Waals surface area (Å²) in [6, 6.07) is 15.6. The first kappa shape index (κ1) is 13.1. The van der Waals surface area contributed by atoms with Crippen molar-refractivity contribution in [1.29, 1.82) is 5.26 Å². The Labute approximate surface area is 113 Å². The van der Waals surface area contributed by atoms with Gasteiger partial charge in [-0.2, -0.15) is 5.26 Å². The molecule has 0 heterocycles. The molecule has 0 radical (unpaired) electrons. The van der Waals surface area contributed by atoms with E-state index in [2.05, 4.69) is 6.07 Å². The van der Waals surface area contributed by atoms with E-state index in [9.17, 15) is 4.79 Å². The lowest BCUT2D eigenvalue weighted by atomic mass is 10.0. The Hall–Kier alpha value is -2.34. The zero-order chi connectivity index (χ0) is 13.8. The lowest BCUT2D eigenvalue weighted by Crippen LogP contribution is -2.35. The molecule has 0 aliphatic rings. The van der Waals surface area contributed by atoms with Crippen molar-refractivity contribution in [2.45, 2.75) is 19.4 Å². The topological polar surface area (TPSA) is 44.1 Å². The standard InChI is InChI=1S/C16H16N2O/c1-12(11-17)18(2)16(19)10-14-8-5-7-13-6-3-4-9-15(13)14/h3-9,12H,10H2,1-2H3. The van der Waals surface area contributed by atoms with Crippen molar-refractivity contribution in [3.63, 3.8) is 0 Å². The fraction of sp³-hybridized carbons (Fsp3) is 0.250. The van der Waals surface area contributed by atoms with Crippen molar-refractivity contribution in [2.75, 3.05) is 7.05 Å². The van der Waals surface area contributed by atoms with Crippen LogP contribution < -0.4 is 0 Å². The predicted octanol–water partition coefficient (Wildman–Crippen LogP) is 2.75. The van der Waals surface area contributed by atoms with E-state index in [1.54, 1.807) is 14.0 Å². The monoisotopic (exact) mass is 252 g/mol. The van der Waals surface area contributed by atoms with Gasteiger partial charge in [-0.05, 0) is 23.3 Å². The molecular formula is C16H16N2O. The van der Waals surface area contributed by atoms with Crippen LogP contribution in [0.5, 0.6) is 0 Å². The summed E-state index contributed by atoms with van der Waals surface area (Å²) in [6.07, 6.45) is 0.323. The number of carbonyl (C=O) groups excluding carboxylic acids is 1. The molecule has 0 bridgehead atoms. The molecule has 0 fully saturated rings. The first-order valence-corrected chi connectivity index (χ1v) is 6.25. The highest BCUT2D eigenvalue weighted by Gasteiger charge is 2.16. The van der Waals surface area contributed by atoms with Crippen LogP contribution >= 0.6 is 0 Å². The first-order valence-electron chi connectivity index (χ1n) is 6.25. The normalized spacial score (nSPS) is 11.8. The maximum Gasteiger partial charge on any atom is 0.227 e. The molecule has 2 aromatic carbocycles. The lowest BCUT2D eigenvalue weighted by Gasteiger charge is -2.19. The molecule has 2 rings (SSSR count). The molecule has 1 unspecified atom stereocenters. The van der Waals surface area contributed by atoms with Crippen molar-refractivity contribution >= 4 is 16.7 Å². The summed E-state index contributed by atoms with van der Waals surface area (Å²) in [4.78, 5) is 13.6. The van der Waals surface area contributed by atoms with Crippen molar-refractivity contribution in [3.05, 3.63) is 48.0 Å². The lowest BCUT2D eigenvalue weighted by molar-refractivity contribution is -0.130. The number of nitrogens with zero attached hydrogens (tertiary/aromatic N) is 2. The molecule has 0 saturated heterocycles. The Balaban J connectivity index is 2.27.